The van der Waals surface area contributed by atoms with Gasteiger partial charge < -0.3 is 21.3 Å². The van der Waals surface area contributed by atoms with Crippen LogP contribution in [0.1, 0.15) is 27.1 Å². The van der Waals surface area contributed by atoms with Gasteiger partial charge in [-0.3, -0.25) is 14.4 Å². The first-order chi connectivity index (χ1) is 9.31. The lowest BCUT2D eigenvalue weighted by Gasteiger charge is -2.12. The number of benzene rings is 1. The lowest BCUT2D eigenvalue weighted by Crippen LogP contribution is -2.42. The number of nitrogens with one attached hydrogen (secondary N) is 1. The third-order valence-corrected chi connectivity index (χ3v) is 2.39. The van der Waals surface area contributed by atoms with Gasteiger partial charge >= 0.3 is 11.9 Å². The van der Waals surface area contributed by atoms with Crippen molar-refractivity contribution in [1.29, 1.82) is 0 Å². The van der Waals surface area contributed by atoms with E-state index in [-0.39, 0.29) is 11.1 Å². The number of primary amides is 1. The molecule has 0 bridgehead atoms. The van der Waals surface area contributed by atoms with E-state index in [4.69, 9.17) is 15.9 Å². The highest BCUT2D eigenvalue weighted by Crippen LogP contribution is 2.06. The smallest absolute Gasteiger partial charge is 0.326 e. The third kappa shape index (κ3) is 4.09. The summed E-state index contributed by atoms with van der Waals surface area (Å²) < 4.78 is 0. The van der Waals surface area contributed by atoms with Gasteiger partial charge in [-0.1, -0.05) is 6.07 Å². The Kier molecular flexibility index (Phi) is 4.79. The van der Waals surface area contributed by atoms with Crippen molar-refractivity contribution in [2.45, 2.75) is 12.5 Å². The van der Waals surface area contributed by atoms with Crippen LogP contribution in [0.5, 0.6) is 0 Å². The van der Waals surface area contributed by atoms with Gasteiger partial charge in [-0.25, -0.2) is 4.79 Å². The second-order valence-corrected chi connectivity index (χ2v) is 3.91. The van der Waals surface area contributed by atoms with Crippen LogP contribution in [0.4, 0.5) is 0 Å². The fraction of sp³-hybridized carbons (Fsp3) is 0.167. The molecule has 0 spiro atoms. The number of hydrogen-bond acceptors (Lipinski definition) is 4. The summed E-state index contributed by atoms with van der Waals surface area (Å²) in [7, 11) is 0. The molecule has 0 aliphatic rings. The molecule has 1 unspecified atom stereocenters. The van der Waals surface area contributed by atoms with E-state index in [9.17, 15) is 19.2 Å². The van der Waals surface area contributed by atoms with Crippen LogP contribution in [0.3, 0.4) is 0 Å². The van der Waals surface area contributed by atoms with Gasteiger partial charge in [0.05, 0.1) is 6.42 Å². The Morgan fingerprint density at radius 2 is 1.75 bits per heavy atom. The molecule has 1 aromatic rings. The van der Waals surface area contributed by atoms with E-state index in [0.717, 1.165) is 0 Å². The van der Waals surface area contributed by atoms with Crippen molar-refractivity contribution >= 4 is 23.8 Å². The minimum Gasteiger partial charge on any atom is -0.481 e. The Morgan fingerprint density at radius 3 is 2.25 bits per heavy atom. The number of carbonyl (C=O) groups excluding carboxylic acids is 2. The molecule has 1 rings (SSSR count). The maximum atomic E-state index is 11.8. The summed E-state index contributed by atoms with van der Waals surface area (Å²) in [5.41, 5.74) is 5.15. The third-order valence-electron chi connectivity index (χ3n) is 2.39. The summed E-state index contributed by atoms with van der Waals surface area (Å²) in [6.07, 6.45) is -0.753. The molecule has 0 fully saturated rings. The number of carbonyl (C=O) groups is 4. The van der Waals surface area contributed by atoms with E-state index in [2.05, 4.69) is 5.32 Å². The first-order valence-electron chi connectivity index (χ1n) is 5.46. The van der Waals surface area contributed by atoms with Crippen molar-refractivity contribution in [3.8, 4) is 0 Å². The lowest BCUT2D eigenvalue weighted by molar-refractivity contribution is -0.145. The number of carboxylic acids is 2. The predicted molar refractivity (Wildman–Crippen MR) is 66.1 cm³/mol. The molecule has 8 heteroatoms. The zero-order valence-corrected chi connectivity index (χ0v) is 10.2. The van der Waals surface area contributed by atoms with Crippen LogP contribution in [0.2, 0.25) is 0 Å². The molecule has 0 saturated carbocycles. The van der Waals surface area contributed by atoms with E-state index in [0.29, 0.717) is 0 Å². The SMILES string of the molecule is NC(=O)c1cccc(C(=O)NC(CC(=O)O)C(=O)O)c1. The Balaban J connectivity index is 2.88. The van der Waals surface area contributed by atoms with Crippen molar-refractivity contribution in [2.24, 2.45) is 5.73 Å². The molecule has 0 heterocycles. The van der Waals surface area contributed by atoms with Gasteiger partial charge in [0, 0.05) is 11.1 Å². The van der Waals surface area contributed by atoms with Gasteiger partial charge in [0.2, 0.25) is 5.91 Å². The highest BCUT2D eigenvalue weighted by molar-refractivity contribution is 6.00. The summed E-state index contributed by atoms with van der Waals surface area (Å²) in [6.45, 7) is 0. The number of rotatable bonds is 6. The van der Waals surface area contributed by atoms with Crippen molar-refractivity contribution in [3.63, 3.8) is 0 Å². The normalized spacial score (nSPS) is 11.4. The average Bonchev–Trinajstić information content (AvgIpc) is 2.37. The van der Waals surface area contributed by atoms with Crippen LogP contribution < -0.4 is 11.1 Å². The predicted octanol–water partition coefficient (Wildman–Crippen LogP) is -0.557. The van der Waals surface area contributed by atoms with E-state index < -0.39 is 36.2 Å². The van der Waals surface area contributed by atoms with Gasteiger partial charge in [-0.2, -0.15) is 0 Å². The van der Waals surface area contributed by atoms with Crippen LogP contribution >= 0.6 is 0 Å². The molecular formula is C12H12N2O6. The lowest BCUT2D eigenvalue weighted by atomic mass is 10.1. The summed E-state index contributed by atoms with van der Waals surface area (Å²) in [6, 6.07) is 3.78. The molecule has 2 amide bonds. The number of carboxylic acid groups (broad SMARTS) is 2. The first kappa shape index (κ1) is 15.2. The molecule has 0 aromatic heterocycles. The monoisotopic (exact) mass is 280 g/mol. The van der Waals surface area contributed by atoms with Gasteiger partial charge in [0.15, 0.2) is 0 Å². The number of amides is 2. The van der Waals surface area contributed by atoms with E-state index in [1.807, 2.05) is 0 Å². The van der Waals surface area contributed by atoms with Gasteiger partial charge in [-0.15, -0.1) is 0 Å². The van der Waals surface area contributed by atoms with Gasteiger partial charge in [0.25, 0.3) is 5.91 Å². The number of hydrogen-bond donors (Lipinski definition) is 4. The van der Waals surface area contributed by atoms with Crippen molar-refractivity contribution in [1.82, 2.24) is 5.32 Å². The van der Waals surface area contributed by atoms with E-state index >= 15 is 0 Å². The largest absolute Gasteiger partial charge is 0.481 e. The molecule has 8 nitrogen and oxygen atoms in total. The second kappa shape index (κ2) is 6.32. The Hall–Kier alpha value is -2.90. The minimum atomic E-state index is -1.56. The standard InChI is InChI=1S/C12H12N2O6/c13-10(17)6-2-1-3-7(4-6)11(18)14-8(12(19)20)5-9(15)16/h1-4,8H,5H2,(H2,13,17)(H,14,18)(H,15,16)(H,19,20). The van der Waals surface area contributed by atoms with Crippen LogP contribution in [0.25, 0.3) is 0 Å². The number of nitrogens with two attached hydrogens (primary N) is 1. The zero-order valence-electron chi connectivity index (χ0n) is 10.2. The van der Waals surface area contributed by atoms with E-state index in [1.54, 1.807) is 0 Å². The topological polar surface area (TPSA) is 147 Å². The van der Waals surface area contributed by atoms with Crippen molar-refractivity contribution in [2.75, 3.05) is 0 Å². The van der Waals surface area contributed by atoms with Crippen molar-refractivity contribution < 1.29 is 29.4 Å². The van der Waals surface area contributed by atoms with Crippen LogP contribution in [0.15, 0.2) is 24.3 Å². The molecule has 1 aromatic carbocycles. The second-order valence-electron chi connectivity index (χ2n) is 3.91. The highest BCUT2D eigenvalue weighted by Gasteiger charge is 2.23. The summed E-state index contributed by atoms with van der Waals surface area (Å²) in [5.74, 6) is -4.36. The average molecular weight is 280 g/mol. The van der Waals surface area contributed by atoms with Crippen LogP contribution in [0, 0.1) is 0 Å². The molecule has 106 valence electrons. The summed E-state index contributed by atoms with van der Waals surface area (Å²) in [5, 5.41) is 19.4. The molecule has 20 heavy (non-hydrogen) atoms. The van der Waals surface area contributed by atoms with Gasteiger partial charge in [-0.05, 0) is 18.2 Å². The molecule has 5 N–H and O–H groups in total. The van der Waals surface area contributed by atoms with Crippen LogP contribution in [-0.4, -0.2) is 40.0 Å². The Morgan fingerprint density at radius 1 is 1.15 bits per heavy atom. The summed E-state index contributed by atoms with van der Waals surface area (Å²) >= 11 is 0. The van der Waals surface area contributed by atoms with E-state index in [1.165, 1.54) is 24.3 Å². The molecule has 0 saturated heterocycles. The Bertz CT molecular complexity index is 569. The Labute approximate surface area is 113 Å². The fourth-order valence-corrected chi connectivity index (χ4v) is 1.43. The minimum absolute atomic E-state index is 0.0120. The maximum Gasteiger partial charge on any atom is 0.326 e. The molecular weight excluding hydrogens is 268 g/mol. The zero-order chi connectivity index (χ0) is 15.3. The molecule has 0 radical (unpaired) electrons. The molecule has 1 atom stereocenters. The molecule has 0 aliphatic heterocycles. The fourth-order valence-electron chi connectivity index (χ4n) is 1.43. The summed E-state index contributed by atoms with van der Waals surface area (Å²) in [4.78, 5) is 44.1. The quantitative estimate of drug-likeness (QED) is 0.549. The molecule has 0 aliphatic carbocycles. The maximum absolute atomic E-state index is 11.8. The van der Waals surface area contributed by atoms with Gasteiger partial charge in [0.1, 0.15) is 6.04 Å². The van der Waals surface area contributed by atoms with Crippen LogP contribution in [-0.2, 0) is 9.59 Å². The first-order valence-corrected chi connectivity index (χ1v) is 5.46. The highest BCUT2D eigenvalue weighted by atomic mass is 16.4. The van der Waals surface area contributed by atoms with Crippen molar-refractivity contribution in [3.05, 3.63) is 35.4 Å². The number of aliphatic carboxylic acids is 2.